The van der Waals surface area contributed by atoms with Crippen molar-refractivity contribution >= 4 is 57.5 Å². The molecule has 9 rings (SSSR count). The predicted octanol–water partition coefficient (Wildman–Crippen LogP) is 6.44. The van der Waals surface area contributed by atoms with Gasteiger partial charge in [0.15, 0.2) is 11.6 Å². The van der Waals surface area contributed by atoms with Gasteiger partial charge in [-0.1, -0.05) is 50.2 Å². The average molecular weight is 1030 g/mol. The van der Waals surface area contributed by atoms with Crippen molar-refractivity contribution in [3.8, 4) is 33.3 Å². The van der Waals surface area contributed by atoms with Crippen molar-refractivity contribution in [2.24, 2.45) is 5.92 Å². The van der Waals surface area contributed by atoms with Crippen LogP contribution in [0.4, 0.5) is 11.5 Å². The number of aliphatic hydroxyl groups excluding tert-OH is 1. The summed E-state index contributed by atoms with van der Waals surface area (Å²) in [5.41, 5.74) is 7.24. The highest BCUT2D eigenvalue weighted by molar-refractivity contribution is 14.1. The fraction of sp³-hybridized carbons (Fsp3) is 0.500. The molecule has 3 aromatic heterocycles. The SMILES string of the molecule is Cc1ncsc1-c1ccc([C@H](C)NC(=O)[C@@H]2C[C@@H](O)CN2C(=O)[C@@H](c2cc(OCCN3CCC(N4CCN5c6cc(-c7ccccc7O)nnc6N(I)[C@@H](C)[C@@H]5C4)CC3)no2)C(C)C)cc1. The van der Waals surface area contributed by atoms with E-state index >= 15 is 0 Å². The number of phenols is 1. The van der Waals surface area contributed by atoms with Gasteiger partial charge in [-0.25, -0.2) is 4.98 Å². The minimum Gasteiger partial charge on any atom is -0.507 e. The van der Waals surface area contributed by atoms with E-state index in [-0.39, 0.29) is 48.5 Å². The number of fused-ring (bicyclic) bond motifs is 3. The van der Waals surface area contributed by atoms with Gasteiger partial charge in [0.25, 0.3) is 5.88 Å². The molecular weight excluding hydrogens is 972 g/mol. The van der Waals surface area contributed by atoms with Gasteiger partial charge in [-0.2, -0.15) is 0 Å². The number of ether oxygens (including phenoxy) is 1. The molecule has 3 saturated heterocycles. The maximum Gasteiger partial charge on any atom is 0.254 e. The van der Waals surface area contributed by atoms with Gasteiger partial charge in [0.05, 0.1) is 74.6 Å². The van der Waals surface area contributed by atoms with Crippen LogP contribution < -0.4 is 18.1 Å². The first kappa shape index (κ1) is 46.2. The molecule has 0 aliphatic carbocycles. The Morgan fingerprint density at radius 3 is 2.52 bits per heavy atom. The summed E-state index contributed by atoms with van der Waals surface area (Å²) in [7, 11) is 0. The van der Waals surface area contributed by atoms with E-state index in [1.807, 2.05) is 75.7 Å². The zero-order valence-corrected chi connectivity index (χ0v) is 41.1. The number of piperazine rings is 1. The van der Waals surface area contributed by atoms with Gasteiger partial charge in [-0.15, -0.1) is 21.5 Å². The summed E-state index contributed by atoms with van der Waals surface area (Å²) in [5.74, 6) is 0.291. The molecule has 3 N–H and O–H groups in total. The number of nitrogens with zero attached hydrogens (tertiary/aromatic N) is 9. The second kappa shape index (κ2) is 19.8. The van der Waals surface area contributed by atoms with E-state index in [2.05, 4.69) is 79.3 Å². The number of aromatic hydroxyl groups is 1. The summed E-state index contributed by atoms with van der Waals surface area (Å²) in [5, 5.41) is 37.6. The molecule has 4 aliphatic heterocycles. The second-order valence-electron chi connectivity index (χ2n) is 18.5. The molecular formula is C48H59IN10O6S. The number of halogens is 1. The number of hydrogen-bond donors (Lipinski definition) is 3. The maximum atomic E-state index is 14.2. The van der Waals surface area contributed by atoms with Crippen molar-refractivity contribution in [1.29, 1.82) is 0 Å². The lowest BCUT2D eigenvalue weighted by molar-refractivity contribution is -0.141. The molecule has 18 heteroatoms. The van der Waals surface area contributed by atoms with Gasteiger partial charge in [0.2, 0.25) is 11.8 Å². The Morgan fingerprint density at radius 2 is 1.79 bits per heavy atom. The molecule has 66 heavy (non-hydrogen) atoms. The van der Waals surface area contributed by atoms with Crippen molar-refractivity contribution in [3.05, 3.63) is 83.2 Å². The van der Waals surface area contributed by atoms with Gasteiger partial charge >= 0.3 is 0 Å². The molecule has 2 amide bonds. The minimum absolute atomic E-state index is 0.0609. The number of likely N-dealkylation sites (tertiary alicyclic amines) is 2. The van der Waals surface area contributed by atoms with Crippen LogP contribution >= 0.6 is 34.2 Å². The number of piperidine rings is 1. The Bertz CT molecular complexity index is 2500. The number of amides is 2. The molecule has 350 valence electrons. The Hall–Kier alpha value is -4.89. The molecule has 0 bridgehead atoms. The summed E-state index contributed by atoms with van der Waals surface area (Å²) < 4.78 is 14.1. The Morgan fingerprint density at radius 1 is 1.02 bits per heavy atom. The third kappa shape index (κ3) is 9.48. The fourth-order valence-electron chi connectivity index (χ4n) is 10.2. The van der Waals surface area contributed by atoms with Crippen molar-refractivity contribution in [2.45, 2.75) is 96.1 Å². The number of rotatable bonds is 13. The van der Waals surface area contributed by atoms with Crippen molar-refractivity contribution < 1.29 is 29.1 Å². The zero-order valence-electron chi connectivity index (χ0n) is 38.1. The van der Waals surface area contributed by atoms with Crippen LogP contribution in [0.1, 0.15) is 75.9 Å². The number of aromatic nitrogens is 4. The van der Waals surface area contributed by atoms with Crippen LogP contribution in [-0.4, -0.2) is 140 Å². The monoisotopic (exact) mass is 1030 g/mol. The Kier molecular flexibility index (Phi) is 13.8. The highest BCUT2D eigenvalue weighted by Crippen LogP contribution is 2.43. The number of phenolic OH excluding ortho intramolecular Hbond substituents is 1. The number of β-amino-alcohol motifs (C(OH)–C–C–N with tert-alkyl or cyclic N) is 1. The third-order valence-electron chi connectivity index (χ3n) is 13.9. The Balaban J connectivity index is 0.754. The maximum absolute atomic E-state index is 14.2. The molecule has 0 unspecified atom stereocenters. The van der Waals surface area contributed by atoms with Crippen LogP contribution in [-0.2, 0) is 9.59 Å². The molecule has 0 spiro atoms. The number of aliphatic hydroxyl groups is 1. The lowest BCUT2D eigenvalue weighted by Gasteiger charge is -2.52. The normalized spacial score (nSPS) is 22.6. The van der Waals surface area contributed by atoms with Crippen LogP contribution in [0.15, 0.2) is 70.7 Å². The van der Waals surface area contributed by atoms with E-state index in [9.17, 15) is 19.8 Å². The summed E-state index contributed by atoms with van der Waals surface area (Å²) in [6, 6.07) is 19.0. The highest BCUT2D eigenvalue weighted by atomic mass is 127. The molecule has 6 atom stereocenters. The van der Waals surface area contributed by atoms with Gasteiger partial charge in [0.1, 0.15) is 24.3 Å². The number of nitrogens with one attached hydrogen (secondary N) is 1. The number of aryl methyl sites for hydroxylation is 1. The van der Waals surface area contributed by atoms with Crippen molar-refractivity contribution in [1.82, 2.24) is 40.4 Å². The molecule has 4 aliphatic rings. The summed E-state index contributed by atoms with van der Waals surface area (Å²) in [4.78, 5) is 42.5. The first-order valence-corrected chi connectivity index (χ1v) is 24.9. The summed E-state index contributed by atoms with van der Waals surface area (Å²) in [6.45, 7) is 16.0. The number of benzene rings is 2. The topological polar surface area (TPSA) is 177 Å². The average Bonchev–Trinajstić information content (AvgIpc) is 4.08. The van der Waals surface area contributed by atoms with Crippen molar-refractivity contribution in [3.63, 3.8) is 0 Å². The van der Waals surface area contributed by atoms with Crippen LogP contribution in [0.3, 0.4) is 0 Å². The quantitative estimate of drug-likeness (QED) is 0.0868. The van der Waals surface area contributed by atoms with Crippen LogP contribution in [0.5, 0.6) is 11.6 Å². The van der Waals surface area contributed by atoms with E-state index in [0.29, 0.717) is 41.6 Å². The zero-order chi connectivity index (χ0) is 46.2. The van der Waals surface area contributed by atoms with Gasteiger partial charge < -0.3 is 34.6 Å². The first-order chi connectivity index (χ1) is 31.8. The molecule has 16 nitrogen and oxygen atoms in total. The van der Waals surface area contributed by atoms with Crippen LogP contribution in [0, 0.1) is 12.8 Å². The smallest absolute Gasteiger partial charge is 0.254 e. The van der Waals surface area contributed by atoms with E-state index in [1.165, 1.54) is 4.90 Å². The molecule has 0 radical (unpaired) electrons. The molecule has 2 aromatic carbocycles. The Labute approximate surface area is 403 Å². The molecule has 7 heterocycles. The number of hydrogen-bond acceptors (Lipinski definition) is 15. The molecule has 0 saturated carbocycles. The lowest BCUT2D eigenvalue weighted by atomic mass is 9.91. The van der Waals surface area contributed by atoms with Gasteiger partial charge in [0, 0.05) is 56.8 Å². The van der Waals surface area contributed by atoms with Crippen molar-refractivity contribution in [2.75, 3.05) is 60.4 Å². The van der Waals surface area contributed by atoms with E-state index in [1.54, 1.807) is 23.5 Å². The number of para-hydroxylation sites is 1. The predicted molar refractivity (Wildman–Crippen MR) is 262 cm³/mol. The van der Waals surface area contributed by atoms with Gasteiger partial charge in [-0.05, 0) is 87.1 Å². The minimum atomic E-state index is -0.821. The molecule has 3 fully saturated rings. The highest BCUT2D eigenvalue weighted by Gasteiger charge is 2.45. The van der Waals surface area contributed by atoms with E-state index in [4.69, 9.17) is 9.26 Å². The lowest BCUT2D eigenvalue weighted by Crippen LogP contribution is -2.64. The van der Waals surface area contributed by atoms with E-state index in [0.717, 1.165) is 85.3 Å². The summed E-state index contributed by atoms with van der Waals surface area (Å²) in [6.07, 6.45) is 1.49. The number of thiazole rings is 1. The van der Waals surface area contributed by atoms with E-state index < -0.39 is 18.1 Å². The number of carbonyl (C=O) groups is 2. The van der Waals surface area contributed by atoms with Crippen LogP contribution in [0.25, 0.3) is 21.7 Å². The van der Waals surface area contributed by atoms with Gasteiger partial charge in [-0.3, -0.25) is 22.5 Å². The first-order valence-electron chi connectivity index (χ1n) is 23.1. The second-order valence-corrected chi connectivity index (χ2v) is 20.4. The molecule has 5 aromatic rings. The van der Waals surface area contributed by atoms with Crippen LogP contribution in [0.2, 0.25) is 0 Å². The number of anilines is 2. The standard InChI is InChI=1S/C48H59IN10O6S/c1-28(2)44(48(63)58-25-35(60)22-39(58)47(62)51-29(3)32-10-12-33(13-11-32)45-30(4)50-27-66-45)42-24-43(54-65-42)64-21-20-55-16-14-34(15-17-55)56-18-19-57-38-23-37(36-8-6-7-9-41(36)61)52-53-46(38)59(49)31(5)40(57)26-56/h6-13,23-24,27-29,31,34-35,39-40,44,60-61H,14-22,25-26H2,1-5H3,(H,51,62)/t29-,31-,35+,39-,40-,44+/m0/s1. The number of carbonyl (C=O) groups excluding carboxylic acids is 2. The largest absolute Gasteiger partial charge is 0.507 e. The fourth-order valence-corrected chi connectivity index (χ4v) is 11.7. The third-order valence-corrected chi connectivity index (χ3v) is 16.2. The summed E-state index contributed by atoms with van der Waals surface area (Å²) >= 11 is 3.97.